The SMILES string of the molecule is C=CCC1(CC=C)CC(O)C(CC=C)(CC=C)CC1=O. The number of hydrogen-bond donors (Lipinski definition) is 1. The number of ketones is 1. The van der Waals surface area contributed by atoms with Gasteiger partial charge in [0.2, 0.25) is 0 Å². The molecule has 110 valence electrons. The van der Waals surface area contributed by atoms with E-state index in [-0.39, 0.29) is 5.78 Å². The van der Waals surface area contributed by atoms with Gasteiger partial charge in [0.25, 0.3) is 0 Å². The van der Waals surface area contributed by atoms with Crippen molar-refractivity contribution in [2.24, 2.45) is 10.8 Å². The molecule has 0 aromatic carbocycles. The number of allylic oxidation sites excluding steroid dienone is 4. The Hall–Kier alpha value is -1.41. The molecule has 0 aromatic rings. The van der Waals surface area contributed by atoms with E-state index in [2.05, 4.69) is 26.3 Å². The van der Waals surface area contributed by atoms with Crippen LogP contribution in [0.15, 0.2) is 50.6 Å². The predicted molar refractivity (Wildman–Crippen MR) is 84.4 cm³/mol. The first kappa shape index (κ1) is 16.6. The van der Waals surface area contributed by atoms with E-state index in [1.165, 1.54) is 0 Å². The minimum Gasteiger partial charge on any atom is -0.392 e. The van der Waals surface area contributed by atoms with Gasteiger partial charge in [-0.25, -0.2) is 0 Å². The van der Waals surface area contributed by atoms with Gasteiger partial charge in [0.1, 0.15) is 5.78 Å². The fourth-order valence-electron chi connectivity index (χ4n) is 3.43. The molecule has 0 radical (unpaired) electrons. The molecule has 0 amide bonds. The van der Waals surface area contributed by atoms with Crippen molar-refractivity contribution in [2.45, 2.75) is 44.6 Å². The zero-order valence-corrected chi connectivity index (χ0v) is 12.3. The number of carbonyl (C=O) groups excluding carboxylic acids is 1. The molecule has 0 saturated heterocycles. The van der Waals surface area contributed by atoms with Gasteiger partial charge in [-0.15, -0.1) is 26.3 Å². The van der Waals surface area contributed by atoms with Crippen molar-refractivity contribution < 1.29 is 9.90 Å². The molecule has 20 heavy (non-hydrogen) atoms. The Morgan fingerprint density at radius 1 is 1.00 bits per heavy atom. The maximum Gasteiger partial charge on any atom is 0.140 e. The Balaban J connectivity index is 3.11. The topological polar surface area (TPSA) is 37.3 Å². The zero-order valence-electron chi connectivity index (χ0n) is 12.3. The van der Waals surface area contributed by atoms with Crippen molar-refractivity contribution in [1.82, 2.24) is 0 Å². The minimum atomic E-state index is -0.533. The Labute approximate surface area is 122 Å². The van der Waals surface area contributed by atoms with Crippen LogP contribution in [0, 0.1) is 10.8 Å². The molecule has 1 unspecified atom stereocenters. The Bertz CT molecular complexity index is 386. The summed E-state index contributed by atoms with van der Waals surface area (Å²) < 4.78 is 0. The lowest BCUT2D eigenvalue weighted by molar-refractivity contribution is -0.145. The molecule has 1 rings (SSSR count). The standard InChI is InChI=1S/C18H26O2/c1-5-9-17(10-6-2)13-16(20)18(11-7-3,12-8-4)14-15(17)19/h5-8,15,19H,1-4,9-14H2. The quantitative estimate of drug-likeness (QED) is 0.680. The maximum atomic E-state index is 12.7. The van der Waals surface area contributed by atoms with Crippen molar-refractivity contribution in [1.29, 1.82) is 0 Å². The summed E-state index contributed by atoms with van der Waals surface area (Å²) in [6.07, 6.45) is 9.84. The lowest BCUT2D eigenvalue weighted by Gasteiger charge is -2.48. The van der Waals surface area contributed by atoms with Gasteiger partial charge in [0.15, 0.2) is 0 Å². The highest BCUT2D eigenvalue weighted by Crippen LogP contribution is 2.50. The smallest absolute Gasteiger partial charge is 0.140 e. The van der Waals surface area contributed by atoms with Crippen molar-refractivity contribution >= 4 is 5.78 Å². The van der Waals surface area contributed by atoms with Crippen molar-refractivity contribution in [3.8, 4) is 0 Å². The van der Waals surface area contributed by atoms with Crippen LogP contribution in [0.1, 0.15) is 38.5 Å². The van der Waals surface area contributed by atoms with E-state index in [1.54, 1.807) is 24.3 Å². The molecule has 0 aliphatic heterocycles. The third-order valence-electron chi connectivity index (χ3n) is 4.57. The van der Waals surface area contributed by atoms with E-state index in [0.717, 1.165) is 0 Å². The van der Waals surface area contributed by atoms with Crippen LogP contribution < -0.4 is 0 Å². The van der Waals surface area contributed by atoms with E-state index >= 15 is 0 Å². The van der Waals surface area contributed by atoms with Gasteiger partial charge in [0, 0.05) is 17.3 Å². The summed E-state index contributed by atoms with van der Waals surface area (Å²) in [7, 11) is 0. The highest BCUT2D eigenvalue weighted by atomic mass is 16.3. The summed E-state index contributed by atoms with van der Waals surface area (Å²) in [5, 5.41) is 10.7. The van der Waals surface area contributed by atoms with Crippen molar-refractivity contribution in [3.63, 3.8) is 0 Å². The molecule has 2 nitrogen and oxygen atoms in total. The number of aliphatic hydroxyl groups is 1. The molecule has 1 saturated carbocycles. The van der Waals surface area contributed by atoms with Crippen LogP contribution >= 0.6 is 0 Å². The molecule has 0 aromatic heterocycles. The molecule has 2 heteroatoms. The molecule has 1 N–H and O–H groups in total. The zero-order chi connectivity index (χ0) is 15.2. The third kappa shape index (κ3) is 3.01. The molecule has 0 heterocycles. The largest absolute Gasteiger partial charge is 0.392 e. The normalized spacial score (nSPS) is 23.9. The molecule has 1 aliphatic rings. The number of hydrogen-bond acceptors (Lipinski definition) is 2. The average molecular weight is 274 g/mol. The van der Waals surface area contributed by atoms with E-state index in [9.17, 15) is 9.90 Å². The monoisotopic (exact) mass is 274 g/mol. The van der Waals surface area contributed by atoms with Crippen LogP contribution in [0.3, 0.4) is 0 Å². The second-order valence-electron chi connectivity index (χ2n) is 5.93. The Morgan fingerprint density at radius 3 is 1.85 bits per heavy atom. The fourth-order valence-corrected chi connectivity index (χ4v) is 3.43. The first-order valence-corrected chi connectivity index (χ1v) is 7.15. The predicted octanol–water partition coefficient (Wildman–Crippen LogP) is 3.99. The van der Waals surface area contributed by atoms with E-state index in [0.29, 0.717) is 38.5 Å². The highest BCUT2D eigenvalue weighted by Gasteiger charge is 2.51. The van der Waals surface area contributed by atoms with Gasteiger partial charge in [-0.05, 0) is 32.1 Å². The number of aliphatic hydroxyl groups excluding tert-OH is 1. The van der Waals surface area contributed by atoms with Gasteiger partial charge in [-0.2, -0.15) is 0 Å². The molecular weight excluding hydrogens is 248 g/mol. The van der Waals surface area contributed by atoms with Gasteiger partial charge in [-0.3, -0.25) is 4.79 Å². The number of Topliss-reactive ketones (excluding diaryl/α,β-unsaturated/α-hetero) is 1. The molecule has 0 bridgehead atoms. The van der Waals surface area contributed by atoms with Crippen LogP contribution in [-0.2, 0) is 4.79 Å². The summed E-state index contributed by atoms with van der Waals surface area (Å²) in [4.78, 5) is 12.7. The second-order valence-corrected chi connectivity index (χ2v) is 5.93. The van der Waals surface area contributed by atoms with Gasteiger partial charge in [-0.1, -0.05) is 24.3 Å². The van der Waals surface area contributed by atoms with Gasteiger partial charge < -0.3 is 5.11 Å². The summed E-state index contributed by atoms with van der Waals surface area (Å²) in [6, 6.07) is 0. The van der Waals surface area contributed by atoms with E-state index in [1.807, 2.05) is 0 Å². The second kappa shape index (κ2) is 6.85. The molecule has 1 aliphatic carbocycles. The first-order chi connectivity index (χ1) is 9.50. The van der Waals surface area contributed by atoms with E-state index in [4.69, 9.17) is 0 Å². The third-order valence-corrected chi connectivity index (χ3v) is 4.57. The Morgan fingerprint density at radius 2 is 1.45 bits per heavy atom. The van der Waals surface area contributed by atoms with Crippen molar-refractivity contribution in [2.75, 3.05) is 0 Å². The average Bonchev–Trinajstić information content (AvgIpc) is 2.38. The van der Waals surface area contributed by atoms with Gasteiger partial charge >= 0.3 is 0 Å². The summed E-state index contributed by atoms with van der Waals surface area (Å²) >= 11 is 0. The van der Waals surface area contributed by atoms with E-state index < -0.39 is 16.9 Å². The van der Waals surface area contributed by atoms with Crippen LogP contribution in [-0.4, -0.2) is 17.0 Å². The number of carbonyl (C=O) groups is 1. The number of rotatable bonds is 8. The van der Waals surface area contributed by atoms with Crippen LogP contribution in [0.2, 0.25) is 0 Å². The van der Waals surface area contributed by atoms with Crippen molar-refractivity contribution in [3.05, 3.63) is 50.6 Å². The highest BCUT2D eigenvalue weighted by molar-refractivity contribution is 5.87. The summed E-state index contributed by atoms with van der Waals surface area (Å²) in [5.41, 5.74) is -0.971. The Kier molecular flexibility index (Phi) is 5.70. The lowest BCUT2D eigenvalue weighted by atomic mass is 9.57. The maximum absolute atomic E-state index is 12.7. The van der Waals surface area contributed by atoms with Crippen LogP contribution in [0.4, 0.5) is 0 Å². The first-order valence-electron chi connectivity index (χ1n) is 7.15. The fraction of sp³-hybridized carbons (Fsp3) is 0.500. The molecule has 0 spiro atoms. The van der Waals surface area contributed by atoms with Gasteiger partial charge in [0.05, 0.1) is 6.10 Å². The summed E-state index contributed by atoms with van der Waals surface area (Å²) in [6.45, 7) is 15.0. The summed E-state index contributed by atoms with van der Waals surface area (Å²) in [5.74, 6) is 0.200. The van der Waals surface area contributed by atoms with Crippen LogP contribution in [0.25, 0.3) is 0 Å². The molecular formula is C18H26O2. The lowest BCUT2D eigenvalue weighted by Crippen LogP contribution is -2.50. The molecule has 1 atom stereocenters. The molecule has 1 fully saturated rings. The minimum absolute atomic E-state index is 0.200. The van der Waals surface area contributed by atoms with Crippen LogP contribution in [0.5, 0.6) is 0 Å².